The molecule has 0 spiro atoms. The lowest BCUT2D eigenvalue weighted by atomic mass is 9.93. The molecule has 7 heteroatoms. The molecule has 7 nitrogen and oxygen atoms in total. The minimum absolute atomic E-state index is 0.0275. The van der Waals surface area contributed by atoms with Crippen molar-refractivity contribution >= 4 is 18.0 Å². The number of nitrogens with zero attached hydrogens (tertiary/aromatic N) is 1. The van der Waals surface area contributed by atoms with Crippen LogP contribution >= 0.6 is 0 Å². The Bertz CT molecular complexity index is 942. The van der Waals surface area contributed by atoms with Gasteiger partial charge in [-0.1, -0.05) is 48.5 Å². The molecule has 1 N–H and O–H groups in total. The van der Waals surface area contributed by atoms with Gasteiger partial charge in [-0.15, -0.1) is 0 Å². The van der Waals surface area contributed by atoms with E-state index in [0.717, 1.165) is 27.2 Å². The number of carbonyl (C=O) groups excluding carboxylic acids is 2. The van der Waals surface area contributed by atoms with Crippen LogP contribution in [0.1, 0.15) is 29.9 Å². The summed E-state index contributed by atoms with van der Waals surface area (Å²) in [5.74, 6) is -2.22. The molecule has 2 aliphatic rings. The SMILES string of the molecule is COC(=O)C1CCC(C(=O)O)N(C(=O)OCC2c3ccccc3-c3ccccc32)C1. The monoisotopic (exact) mass is 409 g/mol. The number of benzene rings is 2. The minimum Gasteiger partial charge on any atom is -0.480 e. The molecule has 2 aromatic carbocycles. The van der Waals surface area contributed by atoms with Crippen LogP contribution in [0.15, 0.2) is 48.5 Å². The van der Waals surface area contributed by atoms with E-state index in [1.54, 1.807) is 0 Å². The predicted octanol–water partition coefficient (Wildman–Crippen LogP) is 3.27. The van der Waals surface area contributed by atoms with Crippen LogP contribution < -0.4 is 0 Å². The highest BCUT2D eigenvalue weighted by Gasteiger charge is 2.40. The largest absolute Gasteiger partial charge is 0.480 e. The smallest absolute Gasteiger partial charge is 0.410 e. The number of ether oxygens (including phenoxy) is 2. The zero-order valence-corrected chi connectivity index (χ0v) is 16.6. The summed E-state index contributed by atoms with van der Waals surface area (Å²) in [6.45, 7) is 0.0684. The molecular weight excluding hydrogens is 386 g/mol. The van der Waals surface area contributed by atoms with Gasteiger partial charge >= 0.3 is 18.0 Å². The topological polar surface area (TPSA) is 93.1 Å². The van der Waals surface area contributed by atoms with Gasteiger partial charge < -0.3 is 14.6 Å². The first-order valence-electron chi connectivity index (χ1n) is 9.93. The third-order valence-electron chi connectivity index (χ3n) is 5.97. The molecule has 1 aliphatic heterocycles. The van der Waals surface area contributed by atoms with E-state index in [1.165, 1.54) is 7.11 Å². The Labute approximate surface area is 174 Å². The molecule has 1 heterocycles. The summed E-state index contributed by atoms with van der Waals surface area (Å²) in [6, 6.07) is 15.0. The molecule has 1 fully saturated rings. The Hall–Kier alpha value is -3.35. The molecule has 0 aromatic heterocycles. The fourth-order valence-corrected chi connectivity index (χ4v) is 4.47. The second kappa shape index (κ2) is 8.18. The zero-order chi connectivity index (χ0) is 21.3. The van der Waals surface area contributed by atoms with Gasteiger partial charge in [-0.05, 0) is 35.1 Å². The normalized spacial score (nSPS) is 20.2. The Morgan fingerprint density at radius 1 is 1.00 bits per heavy atom. The minimum atomic E-state index is -1.10. The van der Waals surface area contributed by atoms with Gasteiger partial charge in [-0.3, -0.25) is 9.69 Å². The number of carbonyl (C=O) groups is 3. The van der Waals surface area contributed by atoms with Crippen molar-refractivity contribution in [2.75, 3.05) is 20.3 Å². The van der Waals surface area contributed by atoms with Crippen molar-refractivity contribution in [1.29, 1.82) is 0 Å². The third kappa shape index (κ3) is 3.51. The second-order valence-corrected chi connectivity index (χ2v) is 7.61. The van der Waals surface area contributed by atoms with Crippen LogP contribution in [0.5, 0.6) is 0 Å². The highest BCUT2D eigenvalue weighted by Crippen LogP contribution is 2.44. The maximum atomic E-state index is 12.8. The average Bonchev–Trinajstić information content (AvgIpc) is 3.10. The number of fused-ring (bicyclic) bond motifs is 3. The van der Waals surface area contributed by atoms with E-state index in [1.807, 2.05) is 48.5 Å². The van der Waals surface area contributed by atoms with E-state index in [2.05, 4.69) is 0 Å². The van der Waals surface area contributed by atoms with Crippen LogP contribution in [0.3, 0.4) is 0 Å². The quantitative estimate of drug-likeness (QED) is 0.779. The molecule has 2 unspecified atom stereocenters. The van der Waals surface area contributed by atoms with E-state index >= 15 is 0 Å². The summed E-state index contributed by atoms with van der Waals surface area (Å²) < 4.78 is 10.4. The van der Waals surface area contributed by atoms with Crippen LogP contribution in [0.25, 0.3) is 11.1 Å². The molecule has 4 rings (SSSR count). The zero-order valence-electron chi connectivity index (χ0n) is 16.6. The number of esters is 1. The maximum absolute atomic E-state index is 12.8. The van der Waals surface area contributed by atoms with Crippen LogP contribution in [0.4, 0.5) is 4.79 Å². The molecule has 1 aliphatic carbocycles. The van der Waals surface area contributed by atoms with Crippen molar-refractivity contribution in [3.63, 3.8) is 0 Å². The molecule has 2 aromatic rings. The molecular formula is C23H23NO6. The van der Waals surface area contributed by atoms with Gasteiger partial charge in [0.1, 0.15) is 12.6 Å². The molecule has 2 atom stereocenters. The Morgan fingerprint density at radius 2 is 1.60 bits per heavy atom. The lowest BCUT2D eigenvalue weighted by Gasteiger charge is -2.35. The fraction of sp³-hybridized carbons (Fsp3) is 0.348. The van der Waals surface area contributed by atoms with E-state index < -0.39 is 30.0 Å². The summed E-state index contributed by atoms with van der Waals surface area (Å²) in [6.07, 6.45) is -0.186. The summed E-state index contributed by atoms with van der Waals surface area (Å²) in [5, 5.41) is 9.51. The Morgan fingerprint density at radius 3 is 2.17 bits per heavy atom. The van der Waals surface area contributed by atoms with Gasteiger partial charge in [0.15, 0.2) is 0 Å². The van der Waals surface area contributed by atoms with Crippen molar-refractivity contribution in [2.45, 2.75) is 24.8 Å². The summed E-state index contributed by atoms with van der Waals surface area (Å²) in [5.41, 5.74) is 4.38. The van der Waals surface area contributed by atoms with Gasteiger partial charge in [0.25, 0.3) is 0 Å². The molecule has 1 amide bonds. The van der Waals surface area contributed by atoms with Gasteiger partial charge in [0.2, 0.25) is 0 Å². The molecule has 156 valence electrons. The first-order chi connectivity index (χ1) is 14.5. The number of methoxy groups -OCH3 is 1. The molecule has 30 heavy (non-hydrogen) atoms. The van der Waals surface area contributed by atoms with Crippen molar-refractivity contribution in [1.82, 2.24) is 4.90 Å². The number of aliphatic carboxylic acids is 1. The van der Waals surface area contributed by atoms with Crippen LogP contribution in [-0.4, -0.2) is 54.3 Å². The number of amides is 1. The fourth-order valence-electron chi connectivity index (χ4n) is 4.47. The Kier molecular flexibility index (Phi) is 5.44. The van der Waals surface area contributed by atoms with E-state index in [9.17, 15) is 19.5 Å². The number of carboxylic acids is 1. The van der Waals surface area contributed by atoms with Crippen LogP contribution in [0, 0.1) is 5.92 Å². The van der Waals surface area contributed by atoms with Crippen LogP contribution in [0.2, 0.25) is 0 Å². The van der Waals surface area contributed by atoms with Crippen molar-refractivity contribution < 1.29 is 29.0 Å². The summed E-state index contributed by atoms with van der Waals surface area (Å²) in [4.78, 5) is 37.5. The van der Waals surface area contributed by atoms with Crippen molar-refractivity contribution in [3.05, 3.63) is 59.7 Å². The molecule has 0 radical (unpaired) electrons. The number of hydrogen-bond donors (Lipinski definition) is 1. The van der Waals surface area contributed by atoms with E-state index in [0.29, 0.717) is 6.42 Å². The van der Waals surface area contributed by atoms with Crippen LogP contribution in [-0.2, 0) is 19.1 Å². The third-order valence-corrected chi connectivity index (χ3v) is 5.97. The Balaban J connectivity index is 1.52. The number of piperidine rings is 1. The summed E-state index contributed by atoms with van der Waals surface area (Å²) >= 11 is 0. The van der Waals surface area contributed by atoms with Gasteiger partial charge in [-0.2, -0.15) is 0 Å². The number of hydrogen-bond acceptors (Lipinski definition) is 5. The summed E-state index contributed by atoms with van der Waals surface area (Å²) in [7, 11) is 1.28. The standard InChI is InChI=1S/C23H23NO6/c1-29-22(27)14-10-11-20(21(25)26)24(12-14)23(28)30-13-19-17-8-4-2-6-15(17)16-7-3-5-9-18(16)19/h2-9,14,19-20H,10-13H2,1H3,(H,25,26). The molecule has 0 bridgehead atoms. The molecule has 1 saturated heterocycles. The second-order valence-electron chi connectivity index (χ2n) is 7.61. The highest BCUT2D eigenvalue weighted by atomic mass is 16.6. The maximum Gasteiger partial charge on any atom is 0.410 e. The number of carboxylic acid groups (broad SMARTS) is 1. The molecule has 0 saturated carbocycles. The lowest BCUT2D eigenvalue weighted by Crippen LogP contribution is -2.52. The predicted molar refractivity (Wildman–Crippen MR) is 108 cm³/mol. The average molecular weight is 409 g/mol. The van der Waals surface area contributed by atoms with E-state index in [4.69, 9.17) is 9.47 Å². The number of likely N-dealkylation sites (tertiary alicyclic amines) is 1. The number of rotatable bonds is 4. The van der Waals surface area contributed by atoms with Gasteiger partial charge in [-0.25, -0.2) is 9.59 Å². The van der Waals surface area contributed by atoms with E-state index in [-0.39, 0.29) is 25.5 Å². The first kappa shape index (κ1) is 19.9. The highest BCUT2D eigenvalue weighted by molar-refractivity contribution is 5.82. The van der Waals surface area contributed by atoms with Crippen molar-refractivity contribution in [3.8, 4) is 11.1 Å². The van der Waals surface area contributed by atoms with Gasteiger partial charge in [0.05, 0.1) is 13.0 Å². The van der Waals surface area contributed by atoms with Gasteiger partial charge in [0, 0.05) is 12.5 Å². The first-order valence-corrected chi connectivity index (χ1v) is 9.93. The van der Waals surface area contributed by atoms with Crippen molar-refractivity contribution in [2.24, 2.45) is 5.92 Å². The lowest BCUT2D eigenvalue weighted by molar-refractivity contribution is -0.152.